The zero-order chi connectivity index (χ0) is 20.1. The van der Waals surface area contributed by atoms with Crippen LogP contribution in [0.25, 0.3) is 0 Å². The van der Waals surface area contributed by atoms with E-state index >= 15 is 0 Å². The van der Waals surface area contributed by atoms with Gasteiger partial charge in [-0.2, -0.15) is 0 Å². The summed E-state index contributed by atoms with van der Waals surface area (Å²) in [7, 11) is 0. The molecule has 1 heterocycles. The third kappa shape index (κ3) is 5.37. The Hall–Kier alpha value is -1.83. The Morgan fingerprint density at radius 3 is 2.00 bits per heavy atom. The summed E-state index contributed by atoms with van der Waals surface area (Å²) in [5.74, 6) is -1.12. The van der Waals surface area contributed by atoms with Crippen LogP contribution in [0, 0.1) is 0 Å². The lowest BCUT2D eigenvalue weighted by atomic mass is 10.1. The molecule has 3 rings (SSSR count). The summed E-state index contributed by atoms with van der Waals surface area (Å²) in [6.07, 6.45) is -2.02. The van der Waals surface area contributed by atoms with Gasteiger partial charge in [-0.3, -0.25) is 0 Å². The van der Waals surface area contributed by atoms with Gasteiger partial charge in [0.15, 0.2) is 6.29 Å². The molecule has 1 fully saturated rings. The molecule has 0 bridgehead atoms. The van der Waals surface area contributed by atoms with E-state index in [-0.39, 0.29) is 13.0 Å². The quantitative estimate of drug-likeness (QED) is 0.602. The number of ether oxygens (including phenoxy) is 3. The third-order valence-corrected chi connectivity index (χ3v) is 4.77. The van der Waals surface area contributed by atoms with E-state index in [1.165, 1.54) is 0 Å². The predicted molar refractivity (Wildman–Crippen MR) is 103 cm³/mol. The van der Waals surface area contributed by atoms with E-state index in [2.05, 4.69) is 4.29 Å². The maximum Gasteiger partial charge on any atom is 0.338 e. The zero-order valence-corrected chi connectivity index (χ0v) is 16.6. The first-order valence-corrected chi connectivity index (χ1v) is 9.35. The van der Waals surface area contributed by atoms with Crippen molar-refractivity contribution in [1.82, 2.24) is 0 Å². The number of esters is 2. The standard InChI is InChI=1S/C19H15Cl3O6/c20-13-5-1-11(2-6-13)18(23)25-10-16-15(9-17(26-16)28-22)27-19(24)12-3-7-14(21)8-4-12/h1-8,15-17H,9-10H2/t15-,16+,17?/m1/s1. The molecule has 0 saturated carbocycles. The Morgan fingerprint density at radius 1 is 0.929 bits per heavy atom. The normalized spacial score (nSPS) is 21.3. The fourth-order valence-corrected chi connectivity index (χ4v) is 2.99. The molecule has 2 aromatic carbocycles. The minimum atomic E-state index is -0.788. The molecule has 1 aliphatic heterocycles. The van der Waals surface area contributed by atoms with Crippen LogP contribution in [-0.2, 0) is 18.5 Å². The number of hydrogen-bond donors (Lipinski definition) is 0. The first-order valence-electron chi connectivity index (χ1n) is 8.28. The number of carbonyl (C=O) groups excluding carboxylic acids is 2. The van der Waals surface area contributed by atoms with Gasteiger partial charge in [-0.05, 0) is 48.5 Å². The van der Waals surface area contributed by atoms with Crippen molar-refractivity contribution in [2.45, 2.75) is 24.9 Å². The lowest BCUT2D eigenvalue weighted by molar-refractivity contribution is -0.0943. The molecule has 6 nitrogen and oxygen atoms in total. The largest absolute Gasteiger partial charge is 0.459 e. The van der Waals surface area contributed by atoms with E-state index in [1.807, 2.05) is 0 Å². The second kappa shape index (κ2) is 9.58. The van der Waals surface area contributed by atoms with Gasteiger partial charge in [0.1, 0.15) is 18.8 Å². The first kappa shape index (κ1) is 20.9. The first-order chi connectivity index (χ1) is 13.5. The Balaban J connectivity index is 1.61. The molecule has 9 heteroatoms. The predicted octanol–water partition coefficient (Wildman–Crippen LogP) is 4.66. The van der Waals surface area contributed by atoms with Gasteiger partial charge < -0.3 is 14.2 Å². The topological polar surface area (TPSA) is 71.1 Å². The van der Waals surface area contributed by atoms with Crippen molar-refractivity contribution < 1.29 is 28.1 Å². The number of carbonyl (C=O) groups is 2. The summed E-state index contributed by atoms with van der Waals surface area (Å²) in [4.78, 5) is 24.5. The molecule has 0 amide bonds. The molecule has 0 N–H and O–H groups in total. The van der Waals surface area contributed by atoms with Crippen LogP contribution in [0.2, 0.25) is 10.0 Å². The Labute approximate surface area is 176 Å². The highest BCUT2D eigenvalue weighted by Crippen LogP contribution is 2.27. The number of rotatable bonds is 6. The van der Waals surface area contributed by atoms with Crippen molar-refractivity contribution in [1.29, 1.82) is 0 Å². The highest BCUT2D eigenvalue weighted by atomic mass is 35.5. The Bertz CT molecular complexity index is 825. The van der Waals surface area contributed by atoms with Crippen molar-refractivity contribution in [2.24, 2.45) is 0 Å². The summed E-state index contributed by atoms with van der Waals surface area (Å²) in [6.45, 7) is -0.142. The maximum atomic E-state index is 12.3. The van der Waals surface area contributed by atoms with E-state index in [0.29, 0.717) is 21.2 Å². The average molecular weight is 446 g/mol. The SMILES string of the molecule is O=C(OC[C@@H]1OC(OCl)C[C@H]1OC(=O)c1ccc(Cl)cc1)c1ccc(Cl)cc1. The van der Waals surface area contributed by atoms with E-state index in [0.717, 1.165) is 0 Å². The van der Waals surface area contributed by atoms with Crippen molar-refractivity contribution in [2.75, 3.05) is 6.61 Å². The lowest BCUT2D eigenvalue weighted by Crippen LogP contribution is -2.32. The average Bonchev–Trinajstić information content (AvgIpc) is 3.09. The van der Waals surface area contributed by atoms with Crippen LogP contribution in [-0.4, -0.2) is 37.0 Å². The van der Waals surface area contributed by atoms with Gasteiger partial charge in [-0.25, -0.2) is 13.9 Å². The van der Waals surface area contributed by atoms with Crippen LogP contribution in [0.1, 0.15) is 27.1 Å². The summed E-state index contributed by atoms with van der Waals surface area (Å²) in [5, 5.41) is 1.01. The monoisotopic (exact) mass is 444 g/mol. The summed E-state index contributed by atoms with van der Waals surface area (Å²) < 4.78 is 20.9. The van der Waals surface area contributed by atoms with Crippen LogP contribution < -0.4 is 0 Å². The smallest absolute Gasteiger partial charge is 0.338 e. The molecule has 28 heavy (non-hydrogen) atoms. The van der Waals surface area contributed by atoms with Crippen LogP contribution in [0.3, 0.4) is 0 Å². The van der Waals surface area contributed by atoms with E-state index in [1.54, 1.807) is 48.5 Å². The van der Waals surface area contributed by atoms with Gasteiger partial charge in [-0.15, -0.1) is 0 Å². The fourth-order valence-electron chi connectivity index (χ4n) is 2.63. The molecule has 3 atom stereocenters. The summed E-state index contributed by atoms with van der Waals surface area (Å²) in [5.41, 5.74) is 0.666. The highest BCUT2D eigenvalue weighted by Gasteiger charge is 2.39. The molecule has 2 aromatic rings. The number of halogens is 3. The van der Waals surface area contributed by atoms with Gasteiger partial charge in [0.25, 0.3) is 0 Å². The third-order valence-electron chi connectivity index (χ3n) is 4.06. The minimum absolute atomic E-state index is 0.142. The fraction of sp³-hybridized carbons (Fsp3) is 0.263. The molecular formula is C19H15Cl3O6. The summed E-state index contributed by atoms with van der Waals surface area (Å²) in [6, 6.07) is 12.5. The van der Waals surface area contributed by atoms with Gasteiger partial charge in [0, 0.05) is 16.5 Å². The van der Waals surface area contributed by atoms with Crippen molar-refractivity contribution in [3.63, 3.8) is 0 Å². The van der Waals surface area contributed by atoms with Gasteiger partial charge in [-0.1, -0.05) is 23.2 Å². The molecule has 0 spiro atoms. The van der Waals surface area contributed by atoms with Gasteiger partial charge in [0.05, 0.1) is 23.0 Å². The van der Waals surface area contributed by atoms with Gasteiger partial charge >= 0.3 is 11.9 Å². The van der Waals surface area contributed by atoms with Crippen LogP contribution in [0.5, 0.6) is 0 Å². The molecule has 148 valence electrons. The second-order valence-electron chi connectivity index (χ2n) is 5.98. The molecule has 1 aliphatic rings. The maximum absolute atomic E-state index is 12.3. The van der Waals surface area contributed by atoms with Crippen LogP contribution in [0.4, 0.5) is 0 Å². The molecular weight excluding hydrogens is 431 g/mol. The van der Waals surface area contributed by atoms with Crippen LogP contribution in [0.15, 0.2) is 48.5 Å². The van der Waals surface area contributed by atoms with Crippen molar-refractivity contribution >= 4 is 47.0 Å². The Kier molecular flexibility index (Phi) is 7.15. The van der Waals surface area contributed by atoms with Crippen molar-refractivity contribution in [3.05, 3.63) is 69.7 Å². The van der Waals surface area contributed by atoms with Crippen molar-refractivity contribution in [3.8, 4) is 0 Å². The second-order valence-corrected chi connectivity index (χ2v) is 7.04. The van der Waals surface area contributed by atoms with E-state index in [4.69, 9.17) is 49.3 Å². The lowest BCUT2D eigenvalue weighted by Gasteiger charge is -2.18. The van der Waals surface area contributed by atoms with E-state index in [9.17, 15) is 9.59 Å². The highest BCUT2D eigenvalue weighted by molar-refractivity contribution is 6.31. The van der Waals surface area contributed by atoms with Gasteiger partial charge in [0.2, 0.25) is 0 Å². The minimum Gasteiger partial charge on any atom is -0.459 e. The molecule has 1 unspecified atom stereocenters. The summed E-state index contributed by atoms with van der Waals surface area (Å²) >= 11 is 17.0. The molecule has 0 aliphatic carbocycles. The number of hydrogen-bond acceptors (Lipinski definition) is 6. The molecule has 1 saturated heterocycles. The Morgan fingerprint density at radius 2 is 1.46 bits per heavy atom. The van der Waals surface area contributed by atoms with E-state index < -0.39 is 30.4 Å². The number of benzene rings is 2. The molecule has 0 aromatic heterocycles. The van der Waals surface area contributed by atoms with Crippen LogP contribution >= 0.6 is 35.1 Å². The molecule has 0 radical (unpaired) electrons. The zero-order valence-electron chi connectivity index (χ0n) is 14.3.